The maximum absolute atomic E-state index is 12.2. The lowest BCUT2D eigenvalue weighted by Gasteiger charge is -2.55. The number of esters is 2. The van der Waals surface area contributed by atoms with Crippen LogP contribution < -0.4 is 0 Å². The van der Waals surface area contributed by atoms with Gasteiger partial charge in [-0.25, -0.2) is 0 Å². The zero-order valence-corrected chi connectivity index (χ0v) is 17.6. The van der Waals surface area contributed by atoms with Gasteiger partial charge in [0.15, 0.2) is 0 Å². The zero-order valence-electron chi connectivity index (χ0n) is 17.6. The molecule has 2 aliphatic rings. The number of hydrogen-bond acceptors (Lipinski definition) is 4. The van der Waals surface area contributed by atoms with E-state index < -0.39 is 0 Å². The Bertz CT molecular complexity index is 851. The summed E-state index contributed by atoms with van der Waals surface area (Å²) in [4.78, 5) is 24.4. The van der Waals surface area contributed by atoms with Gasteiger partial charge in [-0.1, -0.05) is 72.8 Å². The average molecular weight is 417 g/mol. The van der Waals surface area contributed by atoms with E-state index in [1.165, 1.54) is 0 Å². The molecule has 0 saturated heterocycles. The highest BCUT2D eigenvalue weighted by atomic mass is 16.5. The molecule has 4 heteroatoms. The first-order chi connectivity index (χ1) is 15.1. The van der Waals surface area contributed by atoms with Crippen molar-refractivity contribution >= 4 is 24.1 Å². The number of ether oxygens (including phenoxy) is 2. The normalized spacial score (nSPS) is 24.6. The van der Waals surface area contributed by atoms with Gasteiger partial charge in [0.05, 0.1) is 11.8 Å². The highest BCUT2D eigenvalue weighted by molar-refractivity contribution is 5.76. The number of rotatable bonds is 8. The van der Waals surface area contributed by atoms with Crippen LogP contribution in [0.15, 0.2) is 72.8 Å². The molecule has 0 radical (unpaired) electrons. The number of carbonyl (C=O) groups excluding carboxylic acids is 2. The summed E-state index contributed by atoms with van der Waals surface area (Å²) < 4.78 is 10.8. The summed E-state index contributed by atoms with van der Waals surface area (Å²) >= 11 is 0. The van der Waals surface area contributed by atoms with Crippen molar-refractivity contribution in [2.45, 2.75) is 25.7 Å². The summed E-state index contributed by atoms with van der Waals surface area (Å²) in [6.45, 7) is 0.589. The Labute approximate surface area is 183 Å². The Morgan fingerprint density at radius 2 is 1.10 bits per heavy atom. The first-order valence-corrected chi connectivity index (χ1v) is 10.9. The van der Waals surface area contributed by atoms with Crippen LogP contribution in [0.5, 0.6) is 0 Å². The van der Waals surface area contributed by atoms with Crippen LogP contribution in [0.25, 0.3) is 12.2 Å². The molecule has 0 bridgehead atoms. The monoisotopic (exact) mass is 416 g/mol. The Morgan fingerprint density at radius 1 is 0.710 bits per heavy atom. The van der Waals surface area contributed by atoms with Crippen molar-refractivity contribution in [2.75, 3.05) is 13.2 Å². The van der Waals surface area contributed by atoms with E-state index in [4.69, 9.17) is 9.47 Å². The molecule has 0 aliphatic heterocycles. The van der Waals surface area contributed by atoms with Crippen LogP contribution in [0.3, 0.4) is 0 Å². The smallest absolute Gasteiger partial charge is 0.309 e. The van der Waals surface area contributed by atoms with Crippen molar-refractivity contribution in [1.29, 1.82) is 0 Å². The van der Waals surface area contributed by atoms with E-state index in [2.05, 4.69) is 0 Å². The third-order valence-corrected chi connectivity index (χ3v) is 6.25. The van der Waals surface area contributed by atoms with E-state index in [0.29, 0.717) is 13.2 Å². The molecule has 31 heavy (non-hydrogen) atoms. The van der Waals surface area contributed by atoms with Crippen LogP contribution in [0.2, 0.25) is 0 Å². The standard InChI is InChI=1S/C27H28O4/c28-25(30-15-7-13-21-9-3-1-4-10-21)23-17-27(18-23)19-24(20-27)26(29)31-16-8-14-22-11-5-2-6-12-22/h1-14,23-24H,15-20H2/b13-7+,14-8+. The number of hydrogen-bond donors (Lipinski definition) is 0. The molecular formula is C27H28O4. The minimum Gasteiger partial charge on any atom is -0.461 e. The molecule has 2 aliphatic carbocycles. The second-order valence-electron chi connectivity index (χ2n) is 8.60. The Hall–Kier alpha value is -3.14. The maximum atomic E-state index is 12.2. The maximum Gasteiger partial charge on any atom is 0.309 e. The Balaban J connectivity index is 1.10. The van der Waals surface area contributed by atoms with Crippen molar-refractivity contribution in [3.05, 3.63) is 83.9 Å². The summed E-state index contributed by atoms with van der Waals surface area (Å²) in [7, 11) is 0. The minimum absolute atomic E-state index is 0.0316. The third-order valence-electron chi connectivity index (χ3n) is 6.25. The van der Waals surface area contributed by atoms with Crippen molar-refractivity contribution < 1.29 is 19.1 Å². The largest absolute Gasteiger partial charge is 0.461 e. The van der Waals surface area contributed by atoms with E-state index in [1.807, 2.05) is 85.0 Å². The summed E-state index contributed by atoms with van der Waals surface area (Å²) in [6.07, 6.45) is 10.9. The van der Waals surface area contributed by atoms with Crippen LogP contribution in [-0.4, -0.2) is 25.2 Å². The molecule has 4 rings (SSSR count). The molecule has 2 aromatic rings. The second kappa shape index (κ2) is 9.78. The SMILES string of the molecule is O=C(OC/C=C/c1ccccc1)C1CC2(C1)CC(C(=O)OC/C=C/c1ccccc1)C2. The summed E-state index contributed by atoms with van der Waals surface area (Å²) in [6, 6.07) is 19.9. The predicted molar refractivity (Wildman–Crippen MR) is 121 cm³/mol. The molecule has 0 aromatic heterocycles. The van der Waals surface area contributed by atoms with Gasteiger partial charge in [0.1, 0.15) is 13.2 Å². The van der Waals surface area contributed by atoms with Gasteiger partial charge in [0, 0.05) is 0 Å². The molecule has 1 spiro atoms. The van der Waals surface area contributed by atoms with Gasteiger partial charge in [-0.2, -0.15) is 0 Å². The van der Waals surface area contributed by atoms with Gasteiger partial charge >= 0.3 is 11.9 Å². The highest BCUT2D eigenvalue weighted by Crippen LogP contribution is 2.61. The first kappa shape index (κ1) is 21.1. The fraction of sp³-hybridized carbons (Fsp3) is 0.333. The van der Waals surface area contributed by atoms with Gasteiger partial charge in [0.25, 0.3) is 0 Å². The molecular weight excluding hydrogens is 388 g/mol. The number of benzene rings is 2. The van der Waals surface area contributed by atoms with Gasteiger partial charge in [-0.3, -0.25) is 9.59 Å². The molecule has 0 N–H and O–H groups in total. The summed E-state index contributed by atoms with van der Waals surface area (Å²) in [5.41, 5.74) is 2.32. The van der Waals surface area contributed by atoms with Crippen molar-refractivity contribution in [3.63, 3.8) is 0 Å². The molecule has 0 atom stereocenters. The predicted octanol–water partition coefficient (Wildman–Crippen LogP) is 5.31. The quantitative estimate of drug-likeness (QED) is 0.548. The molecule has 0 unspecified atom stereocenters. The van der Waals surface area contributed by atoms with Gasteiger partial charge in [-0.15, -0.1) is 0 Å². The molecule has 2 aromatic carbocycles. The van der Waals surface area contributed by atoms with Crippen LogP contribution in [-0.2, 0) is 19.1 Å². The van der Waals surface area contributed by atoms with E-state index in [0.717, 1.165) is 36.8 Å². The van der Waals surface area contributed by atoms with Crippen LogP contribution in [0, 0.1) is 17.3 Å². The molecule has 0 amide bonds. The van der Waals surface area contributed by atoms with E-state index >= 15 is 0 Å². The average Bonchev–Trinajstić information content (AvgIpc) is 2.74. The minimum atomic E-state index is -0.125. The molecule has 0 heterocycles. The van der Waals surface area contributed by atoms with Crippen molar-refractivity contribution in [1.82, 2.24) is 0 Å². The lowest BCUT2D eigenvalue weighted by molar-refractivity contribution is -0.173. The lowest BCUT2D eigenvalue weighted by atomic mass is 9.48. The van der Waals surface area contributed by atoms with Gasteiger partial charge in [-0.05, 0) is 54.4 Å². The third kappa shape index (κ3) is 5.52. The Morgan fingerprint density at radius 3 is 1.48 bits per heavy atom. The molecule has 2 fully saturated rings. The van der Waals surface area contributed by atoms with Gasteiger partial charge in [0.2, 0.25) is 0 Å². The summed E-state index contributed by atoms with van der Waals surface area (Å²) in [5, 5.41) is 0. The Kier molecular flexibility index (Phi) is 6.66. The van der Waals surface area contributed by atoms with Crippen molar-refractivity contribution in [3.8, 4) is 0 Å². The number of carbonyl (C=O) groups is 2. The topological polar surface area (TPSA) is 52.6 Å². The first-order valence-electron chi connectivity index (χ1n) is 10.9. The molecule has 4 nitrogen and oxygen atoms in total. The fourth-order valence-electron chi connectivity index (χ4n) is 4.63. The lowest BCUT2D eigenvalue weighted by Crippen LogP contribution is -2.52. The van der Waals surface area contributed by atoms with Crippen LogP contribution >= 0.6 is 0 Å². The fourth-order valence-corrected chi connectivity index (χ4v) is 4.63. The van der Waals surface area contributed by atoms with Crippen molar-refractivity contribution in [2.24, 2.45) is 17.3 Å². The molecule has 2 saturated carbocycles. The van der Waals surface area contributed by atoms with Gasteiger partial charge < -0.3 is 9.47 Å². The van der Waals surface area contributed by atoms with Crippen LogP contribution in [0.4, 0.5) is 0 Å². The second-order valence-corrected chi connectivity index (χ2v) is 8.60. The highest BCUT2D eigenvalue weighted by Gasteiger charge is 2.57. The van der Waals surface area contributed by atoms with E-state index in [-0.39, 0.29) is 29.2 Å². The van der Waals surface area contributed by atoms with E-state index in [9.17, 15) is 9.59 Å². The molecule has 160 valence electrons. The van der Waals surface area contributed by atoms with E-state index in [1.54, 1.807) is 0 Å². The van der Waals surface area contributed by atoms with Crippen LogP contribution in [0.1, 0.15) is 36.8 Å². The zero-order chi connectivity index (χ0) is 21.5. The summed E-state index contributed by atoms with van der Waals surface area (Å²) in [5.74, 6) is -0.312.